The molecule has 1 heterocycles. The first-order valence-electron chi connectivity index (χ1n) is 11.6. The van der Waals surface area contributed by atoms with Crippen LogP contribution in [-0.4, -0.2) is 46.4 Å². The second kappa shape index (κ2) is 14.2. The van der Waals surface area contributed by atoms with E-state index in [4.69, 9.17) is 30.5 Å². The number of carbonyl (C=O) groups is 1. The van der Waals surface area contributed by atoms with Crippen LogP contribution in [0.1, 0.15) is 16.7 Å². The fraction of sp³-hybridized carbons (Fsp3) is 0.280. The van der Waals surface area contributed by atoms with Gasteiger partial charge in [-0.2, -0.15) is 26.3 Å². The van der Waals surface area contributed by atoms with Gasteiger partial charge in [-0.05, 0) is 30.2 Å². The summed E-state index contributed by atoms with van der Waals surface area (Å²) in [5, 5.41) is -0.419. The van der Waals surface area contributed by atoms with E-state index in [1.807, 2.05) is 30.3 Å². The summed E-state index contributed by atoms with van der Waals surface area (Å²) in [5.74, 6) is -0.0613. The topological polar surface area (TPSA) is 125 Å². The molecule has 0 atom stereocenters. The van der Waals surface area contributed by atoms with Crippen molar-refractivity contribution in [1.29, 1.82) is 0 Å². The number of methoxy groups -OCH3 is 1. The van der Waals surface area contributed by atoms with E-state index in [1.54, 1.807) is 4.72 Å². The third-order valence-electron chi connectivity index (χ3n) is 5.06. The maximum Gasteiger partial charge on any atom is 0.422 e. The summed E-state index contributed by atoms with van der Waals surface area (Å²) in [5.41, 5.74) is 0.0411. The van der Waals surface area contributed by atoms with Gasteiger partial charge >= 0.3 is 22.5 Å². The predicted molar refractivity (Wildman–Crippen MR) is 139 cm³/mol. The Bertz CT molecular complexity index is 1390. The molecule has 0 radical (unpaired) electrons. The van der Waals surface area contributed by atoms with E-state index < -0.39 is 39.7 Å². The lowest BCUT2D eigenvalue weighted by Crippen LogP contribution is -2.41. The summed E-state index contributed by atoms with van der Waals surface area (Å²) >= 11 is 5.96. The number of hydrogen-bond donors (Lipinski definition) is 2. The van der Waals surface area contributed by atoms with Crippen molar-refractivity contribution in [3.05, 3.63) is 82.5 Å². The van der Waals surface area contributed by atoms with E-state index in [0.717, 1.165) is 5.56 Å². The van der Waals surface area contributed by atoms with Crippen LogP contribution in [0.25, 0.3) is 0 Å². The van der Waals surface area contributed by atoms with E-state index in [0.29, 0.717) is 24.4 Å². The second-order valence-electron chi connectivity index (χ2n) is 8.03. The molecule has 0 aliphatic carbocycles. The molecule has 216 valence electrons. The average Bonchev–Trinajstić information content (AvgIpc) is 2.89. The summed E-state index contributed by atoms with van der Waals surface area (Å²) in [7, 11) is -2.73. The Morgan fingerprint density at radius 3 is 2.50 bits per heavy atom. The van der Waals surface area contributed by atoms with Gasteiger partial charge in [0.1, 0.15) is 29.7 Å². The Hall–Kier alpha value is -3.59. The zero-order valence-corrected chi connectivity index (χ0v) is 22.6. The highest BCUT2D eigenvalue weighted by Crippen LogP contribution is 2.36. The minimum atomic E-state index is -4.66. The van der Waals surface area contributed by atoms with Crippen LogP contribution in [0.3, 0.4) is 0 Å². The molecule has 40 heavy (non-hydrogen) atoms. The van der Waals surface area contributed by atoms with Crippen LogP contribution in [0.15, 0.2) is 60.8 Å². The van der Waals surface area contributed by atoms with Crippen LogP contribution in [0.4, 0.5) is 18.0 Å². The molecule has 0 saturated heterocycles. The molecule has 0 saturated carbocycles. The molecule has 0 aliphatic rings. The van der Waals surface area contributed by atoms with Crippen molar-refractivity contribution in [3.8, 4) is 17.4 Å². The smallest absolute Gasteiger partial charge is 0.422 e. The van der Waals surface area contributed by atoms with Gasteiger partial charge in [0, 0.05) is 31.5 Å². The molecule has 0 unspecified atom stereocenters. The standard InChI is InChI=1S/C25H25ClF3N3O7S/c1-36-11-12-37-20-8-7-18(22(14-20)39-23-21(26)13-19(15-30-23)25(27,28)29)16-38-24(33)32-40(34,35)31-10-9-17-5-3-2-4-6-17/h2-8,13-15,31H,9-12,16H2,1H3,(H,32,33). The zero-order chi connectivity index (χ0) is 29.2. The third-order valence-corrected chi connectivity index (χ3v) is 6.35. The SMILES string of the molecule is COCCOc1ccc(COC(=O)NS(=O)(=O)NCCc2ccccc2)c(Oc2ncc(C(F)(F)F)cc2Cl)c1. The number of hydrogen-bond acceptors (Lipinski definition) is 8. The van der Waals surface area contributed by atoms with Gasteiger partial charge in [-0.15, -0.1) is 0 Å². The molecule has 1 aromatic heterocycles. The molecule has 15 heteroatoms. The number of pyridine rings is 1. The van der Waals surface area contributed by atoms with E-state index in [1.165, 1.54) is 25.3 Å². The normalized spacial score (nSPS) is 11.6. The number of aromatic nitrogens is 1. The lowest BCUT2D eigenvalue weighted by atomic mass is 10.2. The predicted octanol–water partition coefficient (Wildman–Crippen LogP) is 4.87. The van der Waals surface area contributed by atoms with Gasteiger partial charge in [-0.1, -0.05) is 41.9 Å². The van der Waals surface area contributed by atoms with Crippen molar-refractivity contribution in [2.24, 2.45) is 0 Å². The maximum atomic E-state index is 13.0. The largest absolute Gasteiger partial charge is 0.491 e. The Morgan fingerprint density at radius 1 is 1.07 bits per heavy atom. The van der Waals surface area contributed by atoms with E-state index in [2.05, 4.69) is 9.71 Å². The number of nitrogens with zero attached hydrogens (tertiary/aromatic N) is 1. The van der Waals surface area contributed by atoms with Crippen molar-refractivity contribution in [1.82, 2.24) is 14.4 Å². The highest BCUT2D eigenvalue weighted by atomic mass is 35.5. The lowest BCUT2D eigenvalue weighted by molar-refractivity contribution is -0.137. The molecule has 2 N–H and O–H groups in total. The minimum absolute atomic E-state index is 0.0132. The molecule has 2 aromatic carbocycles. The summed E-state index contributed by atoms with van der Waals surface area (Å²) in [6.45, 7) is 0.0251. The van der Waals surface area contributed by atoms with Crippen LogP contribution in [0, 0.1) is 0 Å². The third kappa shape index (κ3) is 9.86. The van der Waals surface area contributed by atoms with E-state index >= 15 is 0 Å². The average molecular weight is 604 g/mol. The van der Waals surface area contributed by atoms with Gasteiger partial charge in [-0.25, -0.2) is 14.5 Å². The van der Waals surface area contributed by atoms with Crippen molar-refractivity contribution in [3.63, 3.8) is 0 Å². The van der Waals surface area contributed by atoms with E-state index in [-0.39, 0.29) is 37.0 Å². The van der Waals surface area contributed by atoms with Gasteiger partial charge in [0.15, 0.2) is 0 Å². The number of nitrogens with one attached hydrogen (secondary N) is 2. The summed E-state index contributed by atoms with van der Waals surface area (Å²) in [6, 6.07) is 14.1. The number of halogens is 4. The lowest BCUT2D eigenvalue weighted by Gasteiger charge is -2.15. The Morgan fingerprint density at radius 2 is 1.82 bits per heavy atom. The fourth-order valence-electron chi connectivity index (χ4n) is 3.13. The monoisotopic (exact) mass is 603 g/mol. The number of benzene rings is 2. The molecular weight excluding hydrogens is 579 g/mol. The molecule has 0 bridgehead atoms. The number of ether oxygens (including phenoxy) is 4. The number of alkyl halides is 3. The summed E-state index contributed by atoms with van der Waals surface area (Å²) in [4.78, 5) is 15.8. The summed E-state index contributed by atoms with van der Waals surface area (Å²) in [6.07, 6.45) is -4.98. The first kappa shape index (κ1) is 30.9. The molecule has 0 spiro atoms. The highest BCUT2D eigenvalue weighted by Gasteiger charge is 2.32. The molecule has 10 nitrogen and oxygen atoms in total. The van der Waals surface area contributed by atoms with Gasteiger partial charge in [0.2, 0.25) is 5.88 Å². The molecule has 1 amide bonds. The second-order valence-corrected chi connectivity index (χ2v) is 9.94. The van der Waals surface area contributed by atoms with Crippen LogP contribution in [-0.2, 0) is 38.9 Å². The molecular formula is C25H25ClF3N3O7S. The Balaban J connectivity index is 1.67. The maximum absolute atomic E-state index is 13.0. The van der Waals surface area contributed by atoms with Crippen molar-refractivity contribution < 1.29 is 45.3 Å². The molecule has 0 fully saturated rings. The van der Waals surface area contributed by atoms with Gasteiger partial charge in [0.25, 0.3) is 0 Å². The molecule has 0 aliphatic heterocycles. The van der Waals surface area contributed by atoms with Crippen molar-refractivity contribution >= 4 is 27.9 Å². The van der Waals surface area contributed by atoms with Crippen LogP contribution < -0.4 is 18.9 Å². The van der Waals surface area contributed by atoms with Crippen LogP contribution in [0.5, 0.6) is 17.4 Å². The van der Waals surface area contributed by atoms with Crippen molar-refractivity contribution in [2.75, 3.05) is 26.9 Å². The van der Waals surface area contributed by atoms with Gasteiger partial charge < -0.3 is 18.9 Å². The van der Waals surface area contributed by atoms with Crippen LogP contribution >= 0.6 is 11.6 Å². The van der Waals surface area contributed by atoms with Gasteiger partial charge in [0.05, 0.1) is 12.2 Å². The minimum Gasteiger partial charge on any atom is -0.491 e. The Kier molecular flexibility index (Phi) is 11.0. The fourth-order valence-corrected chi connectivity index (χ4v) is 4.06. The highest BCUT2D eigenvalue weighted by molar-refractivity contribution is 7.88. The molecule has 3 aromatic rings. The van der Waals surface area contributed by atoms with Crippen LogP contribution in [0.2, 0.25) is 5.02 Å². The number of amides is 1. The summed E-state index contributed by atoms with van der Waals surface area (Å²) < 4.78 is 88.3. The van der Waals surface area contributed by atoms with Crippen molar-refractivity contribution in [2.45, 2.75) is 19.2 Å². The number of carbonyl (C=O) groups excluding carboxylic acids is 1. The molecule has 3 rings (SSSR count). The number of rotatable bonds is 13. The quantitative estimate of drug-likeness (QED) is 0.265. The van der Waals surface area contributed by atoms with E-state index in [9.17, 15) is 26.4 Å². The van der Waals surface area contributed by atoms with Gasteiger partial charge in [-0.3, -0.25) is 0 Å². The Labute approximate surface area is 233 Å². The first-order valence-corrected chi connectivity index (χ1v) is 13.5. The zero-order valence-electron chi connectivity index (χ0n) is 21.0. The first-order chi connectivity index (χ1) is 19.0.